The van der Waals surface area contributed by atoms with Crippen LogP contribution in [-0.4, -0.2) is 30.5 Å². The zero-order chi connectivity index (χ0) is 18.1. The van der Waals surface area contributed by atoms with E-state index in [2.05, 4.69) is 28.4 Å². The number of rotatable bonds is 3. The maximum Gasteiger partial charge on any atom is 0.221 e. The molecular formula is C21H22ClN3O2. The van der Waals surface area contributed by atoms with Crippen LogP contribution in [0.25, 0.3) is 0 Å². The molecule has 2 aromatic rings. The molecule has 140 valence electrons. The molecule has 2 heterocycles. The molecule has 2 aliphatic rings. The Kier molecular flexibility index (Phi) is 5.69. The average molecular weight is 384 g/mol. The quantitative estimate of drug-likeness (QED) is 0.880. The number of halogens is 1. The minimum atomic E-state index is -0.0585. The number of hydrogen-bond donors (Lipinski definition) is 1. The maximum atomic E-state index is 11.1. The number of hydrogen-bond acceptors (Lipinski definition) is 4. The normalized spacial score (nSPS) is 20.4. The first-order valence-corrected chi connectivity index (χ1v) is 8.88. The second-order valence-electron chi connectivity index (χ2n) is 7.11. The molecule has 0 unspecified atom stereocenters. The number of ether oxygens (including phenoxy) is 1. The van der Waals surface area contributed by atoms with E-state index in [9.17, 15) is 10.1 Å². The van der Waals surface area contributed by atoms with Crippen LogP contribution >= 0.6 is 12.4 Å². The molecule has 4 rings (SSSR count). The van der Waals surface area contributed by atoms with E-state index in [0.29, 0.717) is 17.4 Å². The van der Waals surface area contributed by atoms with Gasteiger partial charge in [-0.2, -0.15) is 5.26 Å². The molecule has 0 bridgehead atoms. The van der Waals surface area contributed by atoms with Gasteiger partial charge in [-0.05, 0) is 35.9 Å². The lowest BCUT2D eigenvalue weighted by Gasteiger charge is -2.27. The molecule has 1 N–H and O–H groups in total. The van der Waals surface area contributed by atoms with Crippen molar-refractivity contribution >= 4 is 24.0 Å². The molecule has 6 heteroatoms. The number of likely N-dealkylation sites (tertiary alicyclic amines) is 1. The average Bonchev–Trinajstić information content (AvgIpc) is 3.05. The fourth-order valence-electron chi connectivity index (χ4n) is 4.00. The van der Waals surface area contributed by atoms with Crippen molar-refractivity contribution < 1.29 is 9.53 Å². The van der Waals surface area contributed by atoms with Crippen molar-refractivity contribution in [3.8, 4) is 11.8 Å². The summed E-state index contributed by atoms with van der Waals surface area (Å²) in [4.78, 5) is 13.6. The molecule has 1 amide bonds. The number of nitrogens with zero attached hydrogens (tertiary/aromatic N) is 2. The second-order valence-corrected chi connectivity index (χ2v) is 7.11. The number of nitriles is 1. The highest BCUT2D eigenvalue weighted by Crippen LogP contribution is 2.42. The lowest BCUT2D eigenvalue weighted by Crippen LogP contribution is -2.25. The largest absolute Gasteiger partial charge is 0.493 e. The van der Waals surface area contributed by atoms with E-state index in [0.717, 1.165) is 37.7 Å². The van der Waals surface area contributed by atoms with Gasteiger partial charge in [0.25, 0.3) is 0 Å². The van der Waals surface area contributed by atoms with Gasteiger partial charge in [0.2, 0.25) is 5.91 Å². The van der Waals surface area contributed by atoms with Crippen LogP contribution in [0.5, 0.6) is 5.75 Å². The number of benzene rings is 2. The highest BCUT2D eigenvalue weighted by Gasteiger charge is 2.38. The van der Waals surface area contributed by atoms with Crippen molar-refractivity contribution in [2.75, 3.05) is 25.0 Å². The minimum absolute atomic E-state index is 0. The third kappa shape index (κ3) is 4.08. The second kappa shape index (κ2) is 7.99. The fraction of sp³-hybridized carbons (Fsp3) is 0.333. The van der Waals surface area contributed by atoms with Crippen LogP contribution in [0.15, 0.2) is 42.5 Å². The van der Waals surface area contributed by atoms with Crippen molar-refractivity contribution in [3.63, 3.8) is 0 Å². The highest BCUT2D eigenvalue weighted by molar-refractivity contribution is 5.88. The lowest BCUT2D eigenvalue weighted by molar-refractivity contribution is -0.114. The Morgan fingerprint density at radius 1 is 1.26 bits per heavy atom. The van der Waals surface area contributed by atoms with Crippen LogP contribution in [0.3, 0.4) is 0 Å². The molecule has 1 saturated heterocycles. The SMILES string of the molecule is CC(=O)Nc1ccc(CN2C[C@@H]3COc4ccc(C#N)cc4[C@H]3C2)cc1.Cl. The maximum absolute atomic E-state index is 11.1. The van der Waals surface area contributed by atoms with Crippen molar-refractivity contribution in [1.82, 2.24) is 4.90 Å². The molecule has 0 spiro atoms. The monoisotopic (exact) mass is 383 g/mol. The summed E-state index contributed by atoms with van der Waals surface area (Å²) in [5.74, 6) is 1.75. The van der Waals surface area contributed by atoms with E-state index in [1.807, 2.05) is 30.3 Å². The number of amides is 1. The van der Waals surface area contributed by atoms with Gasteiger partial charge < -0.3 is 10.1 Å². The van der Waals surface area contributed by atoms with Crippen molar-refractivity contribution in [1.29, 1.82) is 5.26 Å². The van der Waals surface area contributed by atoms with Crippen LogP contribution in [-0.2, 0) is 11.3 Å². The first-order valence-electron chi connectivity index (χ1n) is 8.88. The minimum Gasteiger partial charge on any atom is -0.493 e. The topological polar surface area (TPSA) is 65.4 Å². The molecule has 27 heavy (non-hydrogen) atoms. The smallest absolute Gasteiger partial charge is 0.221 e. The molecular weight excluding hydrogens is 362 g/mol. The van der Waals surface area contributed by atoms with E-state index in [4.69, 9.17) is 4.74 Å². The van der Waals surface area contributed by atoms with E-state index >= 15 is 0 Å². The molecule has 0 aliphatic carbocycles. The number of carbonyl (C=O) groups is 1. The molecule has 1 fully saturated rings. The molecule has 0 aromatic heterocycles. The van der Waals surface area contributed by atoms with Gasteiger partial charge in [-0.1, -0.05) is 12.1 Å². The summed E-state index contributed by atoms with van der Waals surface area (Å²) in [6.07, 6.45) is 0. The van der Waals surface area contributed by atoms with Gasteiger partial charge in [0.1, 0.15) is 5.75 Å². The van der Waals surface area contributed by atoms with Crippen molar-refractivity contribution in [3.05, 3.63) is 59.2 Å². The molecule has 2 aliphatic heterocycles. The van der Waals surface area contributed by atoms with Gasteiger partial charge in [0.15, 0.2) is 0 Å². The van der Waals surface area contributed by atoms with Crippen molar-refractivity contribution in [2.24, 2.45) is 5.92 Å². The Labute approximate surface area is 165 Å². The molecule has 0 radical (unpaired) electrons. The van der Waals surface area contributed by atoms with E-state index < -0.39 is 0 Å². The first kappa shape index (κ1) is 19.2. The van der Waals surface area contributed by atoms with Crippen molar-refractivity contribution in [2.45, 2.75) is 19.4 Å². The van der Waals surface area contributed by atoms with Gasteiger partial charge >= 0.3 is 0 Å². The van der Waals surface area contributed by atoms with Gasteiger partial charge in [-0.25, -0.2) is 0 Å². The predicted octanol–water partition coefficient (Wildman–Crippen LogP) is 3.55. The first-order chi connectivity index (χ1) is 12.6. The molecule has 2 aromatic carbocycles. The van der Waals surface area contributed by atoms with Gasteiger partial charge in [-0.3, -0.25) is 9.69 Å². The molecule has 2 atom stereocenters. The number of nitrogens with one attached hydrogen (secondary N) is 1. The van der Waals surface area contributed by atoms with Crippen LogP contribution in [0.4, 0.5) is 5.69 Å². The number of carbonyl (C=O) groups excluding carboxylic acids is 1. The highest BCUT2D eigenvalue weighted by atomic mass is 35.5. The Morgan fingerprint density at radius 2 is 2.04 bits per heavy atom. The summed E-state index contributed by atoms with van der Waals surface area (Å²) in [6, 6.07) is 16.0. The summed E-state index contributed by atoms with van der Waals surface area (Å²) < 4.78 is 5.91. The van der Waals surface area contributed by atoms with Crippen LogP contribution < -0.4 is 10.1 Å². The van der Waals surface area contributed by atoms with Gasteiger partial charge in [0.05, 0.1) is 18.2 Å². The Morgan fingerprint density at radius 3 is 2.74 bits per heavy atom. The van der Waals surface area contributed by atoms with Crippen LogP contribution in [0.2, 0.25) is 0 Å². The van der Waals surface area contributed by atoms with E-state index in [1.54, 1.807) is 0 Å². The van der Waals surface area contributed by atoms with Crippen LogP contribution in [0.1, 0.15) is 29.5 Å². The summed E-state index contributed by atoms with van der Waals surface area (Å²) in [6.45, 7) is 5.09. The zero-order valence-electron chi connectivity index (χ0n) is 15.1. The van der Waals surface area contributed by atoms with E-state index in [-0.39, 0.29) is 18.3 Å². The Bertz CT molecular complexity index is 876. The van der Waals surface area contributed by atoms with E-state index in [1.165, 1.54) is 18.1 Å². The molecule has 5 nitrogen and oxygen atoms in total. The third-order valence-electron chi connectivity index (χ3n) is 5.19. The van der Waals surface area contributed by atoms with Crippen LogP contribution in [0, 0.1) is 17.2 Å². The summed E-state index contributed by atoms with van der Waals surface area (Å²) in [5, 5.41) is 12.0. The molecule has 0 saturated carbocycles. The lowest BCUT2D eigenvalue weighted by atomic mass is 9.86. The van der Waals surface area contributed by atoms with Gasteiger partial charge in [-0.15, -0.1) is 12.4 Å². The Balaban J connectivity index is 0.00000210. The Hall–Kier alpha value is -2.55. The summed E-state index contributed by atoms with van der Waals surface area (Å²) in [5.41, 5.74) is 3.91. The summed E-state index contributed by atoms with van der Waals surface area (Å²) >= 11 is 0. The number of fused-ring (bicyclic) bond motifs is 3. The third-order valence-corrected chi connectivity index (χ3v) is 5.19. The predicted molar refractivity (Wildman–Crippen MR) is 106 cm³/mol. The standard InChI is InChI=1S/C21H21N3O2.ClH/c1-14(25)23-18-5-2-15(3-6-18)10-24-11-17-13-26-21-7-4-16(9-22)8-19(21)20(17)12-24;/h2-8,17,20H,10-13H2,1H3,(H,23,25);1H/t17-,20+;/m1./s1. The fourth-order valence-corrected chi connectivity index (χ4v) is 4.00. The zero-order valence-corrected chi connectivity index (χ0v) is 16.0. The summed E-state index contributed by atoms with van der Waals surface area (Å²) in [7, 11) is 0. The number of anilines is 1. The van der Waals surface area contributed by atoms with Gasteiger partial charge in [0, 0.05) is 49.6 Å².